The predicted octanol–water partition coefficient (Wildman–Crippen LogP) is 4.10. The third-order valence-electron chi connectivity index (χ3n) is 4.38. The van der Waals surface area contributed by atoms with Crippen LogP contribution in [0.5, 0.6) is 0 Å². The number of hydrogen-bond donors (Lipinski definition) is 2. The van der Waals surface area contributed by atoms with Crippen LogP contribution in [0.2, 0.25) is 0 Å². The summed E-state index contributed by atoms with van der Waals surface area (Å²) in [6.07, 6.45) is 2.71. The van der Waals surface area contributed by atoms with E-state index in [1.165, 1.54) is 12.1 Å². The van der Waals surface area contributed by atoms with E-state index < -0.39 is 0 Å². The van der Waals surface area contributed by atoms with Gasteiger partial charge in [0.05, 0.1) is 24.4 Å². The van der Waals surface area contributed by atoms with Crippen molar-refractivity contribution >= 4 is 28.5 Å². The standard InChI is InChI=1S/C19H22FN5O/c1-12(2)22-18-9-17-16(10-21-18)24-19(25(17)15-7-8-26-11-15)23-14-5-3-13(20)4-6-14/h3-6,9-10,12,15H,7-8,11H2,1-2H3,(H,21,22)(H,23,24)/t15-/m0/s1. The number of benzene rings is 1. The monoisotopic (exact) mass is 355 g/mol. The number of nitrogens with one attached hydrogen (secondary N) is 2. The quantitative estimate of drug-likeness (QED) is 0.721. The summed E-state index contributed by atoms with van der Waals surface area (Å²) >= 11 is 0. The summed E-state index contributed by atoms with van der Waals surface area (Å²) in [5.74, 6) is 1.27. The van der Waals surface area contributed by atoms with Crippen LogP contribution >= 0.6 is 0 Å². The molecule has 6 nitrogen and oxygen atoms in total. The van der Waals surface area contributed by atoms with E-state index in [1.807, 2.05) is 6.07 Å². The molecule has 1 fully saturated rings. The van der Waals surface area contributed by atoms with Crippen molar-refractivity contribution in [3.8, 4) is 0 Å². The van der Waals surface area contributed by atoms with Crippen LogP contribution in [0.25, 0.3) is 11.0 Å². The lowest BCUT2D eigenvalue weighted by Gasteiger charge is -2.16. The topological polar surface area (TPSA) is 64.0 Å². The van der Waals surface area contributed by atoms with Gasteiger partial charge in [0.15, 0.2) is 0 Å². The zero-order valence-electron chi connectivity index (χ0n) is 14.9. The number of pyridine rings is 1. The molecule has 0 unspecified atom stereocenters. The van der Waals surface area contributed by atoms with Gasteiger partial charge in [-0.1, -0.05) is 0 Å². The first-order valence-electron chi connectivity index (χ1n) is 8.85. The third-order valence-corrected chi connectivity index (χ3v) is 4.38. The Morgan fingerprint density at radius 3 is 2.77 bits per heavy atom. The van der Waals surface area contributed by atoms with E-state index in [-0.39, 0.29) is 11.9 Å². The molecule has 7 heteroatoms. The maximum atomic E-state index is 13.2. The summed E-state index contributed by atoms with van der Waals surface area (Å²) in [6, 6.07) is 8.79. The second-order valence-corrected chi connectivity index (χ2v) is 6.81. The van der Waals surface area contributed by atoms with Gasteiger partial charge in [0.1, 0.15) is 17.2 Å². The van der Waals surface area contributed by atoms with Crippen molar-refractivity contribution < 1.29 is 9.13 Å². The summed E-state index contributed by atoms with van der Waals surface area (Å²) in [4.78, 5) is 9.16. The van der Waals surface area contributed by atoms with Gasteiger partial charge in [-0.2, -0.15) is 0 Å². The molecule has 3 heterocycles. The second-order valence-electron chi connectivity index (χ2n) is 6.81. The van der Waals surface area contributed by atoms with E-state index in [0.717, 1.165) is 35.6 Å². The van der Waals surface area contributed by atoms with Crippen molar-refractivity contribution in [1.82, 2.24) is 14.5 Å². The van der Waals surface area contributed by atoms with E-state index in [0.29, 0.717) is 18.6 Å². The summed E-state index contributed by atoms with van der Waals surface area (Å²) in [5, 5.41) is 6.64. The normalized spacial score (nSPS) is 17.2. The molecular formula is C19H22FN5O. The molecule has 1 aromatic carbocycles. The average molecular weight is 355 g/mol. The minimum atomic E-state index is -0.262. The molecule has 1 atom stereocenters. The Hall–Kier alpha value is -2.67. The maximum absolute atomic E-state index is 13.2. The Bertz CT molecular complexity index is 900. The molecule has 1 saturated heterocycles. The number of anilines is 3. The molecule has 2 aromatic heterocycles. The zero-order chi connectivity index (χ0) is 18.1. The first-order chi connectivity index (χ1) is 12.6. The molecule has 0 radical (unpaired) electrons. The molecule has 0 bridgehead atoms. The SMILES string of the molecule is CC(C)Nc1cc2c(cn1)nc(Nc1ccc(F)cc1)n2[C@H]1CCOC1. The van der Waals surface area contributed by atoms with Gasteiger partial charge in [0.2, 0.25) is 5.95 Å². The van der Waals surface area contributed by atoms with Gasteiger partial charge in [0.25, 0.3) is 0 Å². The lowest BCUT2D eigenvalue weighted by atomic mass is 10.2. The van der Waals surface area contributed by atoms with Crippen molar-refractivity contribution in [2.75, 3.05) is 23.8 Å². The van der Waals surface area contributed by atoms with Crippen LogP contribution in [0.1, 0.15) is 26.3 Å². The van der Waals surface area contributed by atoms with E-state index >= 15 is 0 Å². The number of rotatable bonds is 5. The number of fused-ring (bicyclic) bond motifs is 1. The summed E-state index contributed by atoms with van der Waals surface area (Å²) in [6.45, 7) is 5.55. The Balaban J connectivity index is 1.77. The number of nitrogens with zero attached hydrogens (tertiary/aromatic N) is 3. The Labute approximate surface area is 151 Å². The highest BCUT2D eigenvalue weighted by molar-refractivity contribution is 5.81. The van der Waals surface area contributed by atoms with Crippen LogP contribution in [0, 0.1) is 5.82 Å². The average Bonchev–Trinajstić information content (AvgIpc) is 3.23. The smallest absolute Gasteiger partial charge is 0.208 e. The molecule has 0 amide bonds. The zero-order valence-corrected chi connectivity index (χ0v) is 14.9. The van der Waals surface area contributed by atoms with Crippen LogP contribution < -0.4 is 10.6 Å². The van der Waals surface area contributed by atoms with Crippen molar-refractivity contribution in [3.05, 3.63) is 42.3 Å². The Morgan fingerprint density at radius 1 is 1.27 bits per heavy atom. The highest BCUT2D eigenvalue weighted by Crippen LogP contribution is 2.31. The van der Waals surface area contributed by atoms with Crippen LogP contribution in [0.3, 0.4) is 0 Å². The van der Waals surface area contributed by atoms with Crippen LogP contribution in [-0.4, -0.2) is 33.8 Å². The summed E-state index contributed by atoms with van der Waals surface area (Å²) in [5.41, 5.74) is 2.61. The van der Waals surface area contributed by atoms with Crippen molar-refractivity contribution in [3.63, 3.8) is 0 Å². The molecule has 136 valence electrons. The minimum absolute atomic E-state index is 0.206. The molecule has 1 aliphatic heterocycles. The van der Waals surface area contributed by atoms with Crippen molar-refractivity contribution in [2.24, 2.45) is 0 Å². The molecule has 1 aliphatic rings. The molecule has 2 N–H and O–H groups in total. The van der Waals surface area contributed by atoms with E-state index in [4.69, 9.17) is 9.72 Å². The van der Waals surface area contributed by atoms with E-state index in [1.54, 1.807) is 18.3 Å². The number of ether oxygens (including phenoxy) is 1. The number of imidazole rings is 1. The predicted molar refractivity (Wildman–Crippen MR) is 100 cm³/mol. The van der Waals surface area contributed by atoms with Gasteiger partial charge < -0.3 is 19.9 Å². The lowest BCUT2D eigenvalue weighted by Crippen LogP contribution is -2.13. The van der Waals surface area contributed by atoms with Crippen molar-refractivity contribution in [2.45, 2.75) is 32.4 Å². The highest BCUT2D eigenvalue weighted by atomic mass is 19.1. The first-order valence-corrected chi connectivity index (χ1v) is 8.85. The molecule has 0 aliphatic carbocycles. The van der Waals surface area contributed by atoms with Crippen LogP contribution in [-0.2, 0) is 4.74 Å². The molecule has 0 saturated carbocycles. The van der Waals surface area contributed by atoms with E-state index in [2.05, 4.69) is 34.0 Å². The number of halogens is 1. The summed E-state index contributed by atoms with van der Waals surface area (Å²) in [7, 11) is 0. The van der Waals surface area contributed by atoms with Crippen molar-refractivity contribution in [1.29, 1.82) is 0 Å². The van der Waals surface area contributed by atoms with Gasteiger partial charge in [-0.25, -0.2) is 14.4 Å². The van der Waals surface area contributed by atoms with Gasteiger partial charge in [-0.3, -0.25) is 0 Å². The fourth-order valence-electron chi connectivity index (χ4n) is 3.22. The molecule has 4 rings (SSSR count). The Morgan fingerprint density at radius 2 is 2.08 bits per heavy atom. The molecular weight excluding hydrogens is 333 g/mol. The van der Waals surface area contributed by atoms with E-state index in [9.17, 15) is 4.39 Å². The number of aromatic nitrogens is 3. The lowest BCUT2D eigenvalue weighted by molar-refractivity contribution is 0.187. The van der Waals surface area contributed by atoms with Crippen LogP contribution in [0.4, 0.5) is 21.8 Å². The van der Waals surface area contributed by atoms with Gasteiger partial charge in [-0.15, -0.1) is 0 Å². The first kappa shape index (κ1) is 16.8. The minimum Gasteiger partial charge on any atom is -0.379 e. The second kappa shape index (κ2) is 6.92. The maximum Gasteiger partial charge on any atom is 0.208 e. The van der Waals surface area contributed by atoms with Gasteiger partial charge in [-0.05, 0) is 44.5 Å². The molecule has 3 aromatic rings. The largest absolute Gasteiger partial charge is 0.379 e. The van der Waals surface area contributed by atoms with Gasteiger partial charge >= 0.3 is 0 Å². The summed E-state index contributed by atoms with van der Waals surface area (Å²) < 4.78 is 20.9. The fourth-order valence-corrected chi connectivity index (χ4v) is 3.22. The van der Waals surface area contributed by atoms with Crippen LogP contribution in [0.15, 0.2) is 36.5 Å². The molecule has 0 spiro atoms. The van der Waals surface area contributed by atoms with Gasteiger partial charge in [0, 0.05) is 24.4 Å². The third kappa shape index (κ3) is 3.35. The highest BCUT2D eigenvalue weighted by Gasteiger charge is 2.24. The molecule has 26 heavy (non-hydrogen) atoms. The Kier molecular flexibility index (Phi) is 4.46. The number of hydrogen-bond acceptors (Lipinski definition) is 5. The fraction of sp³-hybridized carbons (Fsp3) is 0.368.